The number of likely N-dealkylation sites (tertiary alicyclic amines) is 1. The number of aliphatic hydroxyl groups excluding tert-OH is 1. The average molecular weight is 385 g/mol. The van der Waals surface area contributed by atoms with Gasteiger partial charge in [-0.15, -0.1) is 0 Å². The van der Waals surface area contributed by atoms with E-state index in [2.05, 4.69) is 4.74 Å². The number of esters is 1. The van der Waals surface area contributed by atoms with Gasteiger partial charge in [0.1, 0.15) is 11.9 Å². The summed E-state index contributed by atoms with van der Waals surface area (Å²) in [5.41, 5.74) is 1.04. The summed E-state index contributed by atoms with van der Waals surface area (Å²) in [6.07, 6.45) is -0.161. The van der Waals surface area contributed by atoms with Crippen LogP contribution >= 0.6 is 0 Å². The van der Waals surface area contributed by atoms with Crippen molar-refractivity contribution in [2.45, 2.75) is 50.2 Å². The molecule has 2 unspecified atom stereocenters. The van der Waals surface area contributed by atoms with E-state index < -0.39 is 24.0 Å². The van der Waals surface area contributed by atoms with Crippen LogP contribution in [-0.2, 0) is 20.7 Å². The van der Waals surface area contributed by atoms with Gasteiger partial charge in [-0.05, 0) is 43.4 Å². The Morgan fingerprint density at radius 3 is 2.56 bits per heavy atom. The quantitative estimate of drug-likeness (QED) is 0.694. The number of benzene rings is 1. The van der Waals surface area contributed by atoms with Gasteiger partial charge in [0, 0.05) is 13.0 Å². The minimum Gasteiger partial charge on any atom is -0.497 e. The molecule has 0 aliphatic carbocycles. The first-order valence-electron chi connectivity index (χ1n) is 8.88. The molecule has 0 radical (unpaired) electrons. The number of rotatable bonds is 8. The zero-order valence-corrected chi connectivity index (χ0v) is 15.5. The number of halogens is 2. The summed E-state index contributed by atoms with van der Waals surface area (Å²) in [5, 5.41) is 9.99. The minimum absolute atomic E-state index is 0.180. The van der Waals surface area contributed by atoms with Gasteiger partial charge >= 0.3 is 11.9 Å². The summed E-state index contributed by atoms with van der Waals surface area (Å²) < 4.78 is 37.1. The summed E-state index contributed by atoms with van der Waals surface area (Å²) in [6, 6.07) is 6.39. The lowest BCUT2D eigenvalue weighted by atomic mass is 10.0. The molecule has 1 aliphatic rings. The van der Waals surface area contributed by atoms with Gasteiger partial charge in [0.05, 0.1) is 20.3 Å². The van der Waals surface area contributed by atoms with E-state index in [0.717, 1.165) is 18.4 Å². The SMILES string of the molecule is COC(=O)C(F)(F)C(O)C1CCCN1C(=O)CCCc1ccc(OC)cc1. The highest BCUT2D eigenvalue weighted by Gasteiger charge is 2.53. The Morgan fingerprint density at radius 1 is 1.30 bits per heavy atom. The van der Waals surface area contributed by atoms with Gasteiger partial charge in [-0.1, -0.05) is 12.1 Å². The standard InChI is InChI=1S/C19H25F2NO5/c1-26-14-10-8-13(9-11-14)5-3-7-16(23)22-12-4-6-15(22)17(24)19(20,21)18(25)27-2/h8-11,15,17,24H,3-7,12H2,1-2H3. The smallest absolute Gasteiger partial charge is 0.379 e. The fourth-order valence-corrected chi connectivity index (χ4v) is 3.31. The number of amides is 1. The van der Waals surface area contributed by atoms with Crippen molar-refractivity contribution in [3.05, 3.63) is 29.8 Å². The van der Waals surface area contributed by atoms with Crippen LogP contribution in [0.4, 0.5) is 8.78 Å². The third-order valence-electron chi connectivity index (χ3n) is 4.83. The molecule has 0 aromatic heterocycles. The maximum Gasteiger partial charge on any atom is 0.379 e. The van der Waals surface area contributed by atoms with E-state index >= 15 is 0 Å². The van der Waals surface area contributed by atoms with Gasteiger partial charge < -0.3 is 19.5 Å². The first kappa shape index (κ1) is 21.1. The second-order valence-electron chi connectivity index (χ2n) is 6.56. The number of hydrogen-bond donors (Lipinski definition) is 1. The number of alkyl halides is 2. The fourth-order valence-electron chi connectivity index (χ4n) is 3.31. The van der Waals surface area contributed by atoms with Crippen molar-refractivity contribution >= 4 is 11.9 Å². The number of carbonyl (C=O) groups is 2. The Kier molecular flexibility index (Phi) is 7.12. The maximum absolute atomic E-state index is 14.0. The molecule has 0 saturated carbocycles. The highest BCUT2D eigenvalue weighted by atomic mass is 19.3. The monoisotopic (exact) mass is 385 g/mol. The van der Waals surface area contributed by atoms with Crippen LogP contribution in [0.15, 0.2) is 24.3 Å². The molecule has 8 heteroatoms. The molecule has 1 heterocycles. The lowest BCUT2D eigenvalue weighted by Gasteiger charge is -2.31. The molecule has 6 nitrogen and oxygen atoms in total. The molecule has 1 aromatic rings. The molecule has 1 fully saturated rings. The molecular formula is C19H25F2NO5. The van der Waals surface area contributed by atoms with Crippen molar-refractivity contribution in [1.29, 1.82) is 0 Å². The molecule has 1 aromatic carbocycles. The number of methoxy groups -OCH3 is 2. The number of hydrogen-bond acceptors (Lipinski definition) is 5. The molecule has 1 amide bonds. The van der Waals surface area contributed by atoms with Crippen molar-refractivity contribution in [3.8, 4) is 5.75 Å². The number of nitrogens with zero attached hydrogens (tertiary/aromatic N) is 1. The lowest BCUT2D eigenvalue weighted by Crippen LogP contribution is -2.54. The van der Waals surface area contributed by atoms with Crippen molar-refractivity contribution in [2.75, 3.05) is 20.8 Å². The first-order chi connectivity index (χ1) is 12.8. The normalized spacial score (nSPS) is 18.3. The van der Waals surface area contributed by atoms with E-state index in [-0.39, 0.29) is 18.7 Å². The van der Waals surface area contributed by atoms with Crippen molar-refractivity contribution in [1.82, 2.24) is 4.90 Å². The molecule has 2 rings (SSSR count). The Labute approximate surface area is 157 Å². The first-order valence-corrected chi connectivity index (χ1v) is 8.88. The lowest BCUT2D eigenvalue weighted by molar-refractivity contribution is -0.192. The second-order valence-corrected chi connectivity index (χ2v) is 6.56. The van der Waals surface area contributed by atoms with Gasteiger partial charge in [-0.2, -0.15) is 8.78 Å². The largest absolute Gasteiger partial charge is 0.497 e. The van der Waals surface area contributed by atoms with Crippen LogP contribution in [0, 0.1) is 0 Å². The minimum atomic E-state index is -4.05. The third-order valence-corrected chi connectivity index (χ3v) is 4.83. The van der Waals surface area contributed by atoms with Crippen LogP contribution in [0.2, 0.25) is 0 Å². The molecule has 1 N–H and O–H groups in total. The second kappa shape index (κ2) is 9.12. The summed E-state index contributed by atoms with van der Waals surface area (Å²) in [6.45, 7) is 0.292. The van der Waals surface area contributed by atoms with E-state index in [1.54, 1.807) is 7.11 Å². The van der Waals surface area contributed by atoms with Gasteiger partial charge in [0.25, 0.3) is 0 Å². The molecule has 2 atom stereocenters. The van der Waals surface area contributed by atoms with E-state index in [1.807, 2.05) is 24.3 Å². The molecule has 0 spiro atoms. The summed E-state index contributed by atoms with van der Waals surface area (Å²) >= 11 is 0. The van der Waals surface area contributed by atoms with Crippen molar-refractivity contribution < 1.29 is 33.0 Å². The predicted octanol–water partition coefficient (Wildman–Crippen LogP) is 2.18. The highest BCUT2D eigenvalue weighted by Crippen LogP contribution is 2.31. The summed E-state index contributed by atoms with van der Waals surface area (Å²) in [4.78, 5) is 24.9. The molecule has 1 aliphatic heterocycles. The predicted molar refractivity (Wildman–Crippen MR) is 93.6 cm³/mol. The van der Waals surface area contributed by atoms with E-state index in [9.17, 15) is 23.5 Å². The molecule has 1 saturated heterocycles. The topological polar surface area (TPSA) is 76.1 Å². The Hall–Kier alpha value is -2.22. The summed E-state index contributed by atoms with van der Waals surface area (Å²) in [5.74, 6) is -5.40. The van der Waals surface area contributed by atoms with Crippen LogP contribution in [0.1, 0.15) is 31.2 Å². The third kappa shape index (κ3) is 4.94. The average Bonchev–Trinajstić information content (AvgIpc) is 3.16. The Balaban J connectivity index is 1.91. The van der Waals surface area contributed by atoms with E-state index in [0.29, 0.717) is 25.8 Å². The number of ether oxygens (including phenoxy) is 2. The van der Waals surface area contributed by atoms with Crippen LogP contribution in [0.3, 0.4) is 0 Å². The van der Waals surface area contributed by atoms with Gasteiger partial charge in [-0.3, -0.25) is 4.79 Å². The Bertz CT molecular complexity index is 650. The fraction of sp³-hybridized carbons (Fsp3) is 0.579. The van der Waals surface area contributed by atoms with Crippen LogP contribution < -0.4 is 4.74 Å². The molecule has 150 valence electrons. The molecular weight excluding hydrogens is 360 g/mol. The zero-order chi connectivity index (χ0) is 20.0. The van der Waals surface area contributed by atoms with Gasteiger partial charge in [-0.25, -0.2) is 4.79 Å². The molecule has 0 bridgehead atoms. The number of aryl methyl sites for hydroxylation is 1. The van der Waals surface area contributed by atoms with E-state index in [4.69, 9.17) is 4.74 Å². The van der Waals surface area contributed by atoms with Crippen LogP contribution in [0.25, 0.3) is 0 Å². The van der Waals surface area contributed by atoms with Gasteiger partial charge in [0.2, 0.25) is 5.91 Å². The van der Waals surface area contributed by atoms with Crippen LogP contribution in [0.5, 0.6) is 5.75 Å². The zero-order valence-electron chi connectivity index (χ0n) is 15.5. The summed E-state index contributed by atoms with van der Waals surface area (Å²) in [7, 11) is 2.41. The number of aliphatic hydroxyl groups is 1. The Morgan fingerprint density at radius 2 is 1.96 bits per heavy atom. The van der Waals surface area contributed by atoms with Crippen molar-refractivity contribution in [2.24, 2.45) is 0 Å². The van der Waals surface area contributed by atoms with Gasteiger partial charge in [0.15, 0.2) is 0 Å². The van der Waals surface area contributed by atoms with Crippen molar-refractivity contribution in [3.63, 3.8) is 0 Å². The highest BCUT2D eigenvalue weighted by molar-refractivity contribution is 5.79. The maximum atomic E-state index is 14.0. The number of carbonyl (C=O) groups excluding carboxylic acids is 2. The van der Waals surface area contributed by atoms with E-state index in [1.165, 1.54) is 4.90 Å². The van der Waals surface area contributed by atoms with Crippen LogP contribution in [-0.4, -0.2) is 60.7 Å². The molecule has 27 heavy (non-hydrogen) atoms.